The normalized spacial score (nSPS) is 10.6. The SMILES string of the molecule is CCCN(CC(=O)OC)Cc1cc(=O)c(O)co1. The molecule has 0 aliphatic rings. The van der Waals surface area contributed by atoms with Crippen LogP contribution in [0.25, 0.3) is 0 Å². The van der Waals surface area contributed by atoms with Crippen molar-refractivity contribution in [1.82, 2.24) is 4.90 Å². The van der Waals surface area contributed by atoms with E-state index in [-0.39, 0.29) is 12.5 Å². The van der Waals surface area contributed by atoms with E-state index in [1.165, 1.54) is 13.2 Å². The van der Waals surface area contributed by atoms with Gasteiger partial charge in [-0.1, -0.05) is 6.92 Å². The molecule has 0 saturated carbocycles. The molecular formula is C12H17NO5. The summed E-state index contributed by atoms with van der Waals surface area (Å²) in [6.07, 6.45) is 1.86. The predicted octanol–water partition coefficient (Wildman–Crippen LogP) is 0.730. The van der Waals surface area contributed by atoms with Gasteiger partial charge in [0, 0.05) is 6.07 Å². The molecule has 0 fully saturated rings. The molecule has 0 radical (unpaired) electrons. The third-order valence-corrected chi connectivity index (χ3v) is 2.37. The number of ether oxygens (including phenoxy) is 1. The highest BCUT2D eigenvalue weighted by atomic mass is 16.5. The quantitative estimate of drug-likeness (QED) is 0.755. The lowest BCUT2D eigenvalue weighted by Crippen LogP contribution is -2.31. The van der Waals surface area contributed by atoms with Gasteiger partial charge in [-0.3, -0.25) is 14.5 Å². The van der Waals surface area contributed by atoms with Gasteiger partial charge in [0.2, 0.25) is 5.43 Å². The molecule has 1 rings (SSSR count). The van der Waals surface area contributed by atoms with E-state index in [0.29, 0.717) is 18.8 Å². The Bertz CT molecular complexity index is 454. The summed E-state index contributed by atoms with van der Waals surface area (Å²) in [4.78, 5) is 24.3. The first-order valence-electron chi connectivity index (χ1n) is 5.66. The van der Waals surface area contributed by atoms with Gasteiger partial charge in [-0.2, -0.15) is 0 Å². The van der Waals surface area contributed by atoms with E-state index in [1.54, 1.807) is 4.90 Å². The van der Waals surface area contributed by atoms with Gasteiger partial charge in [0.1, 0.15) is 12.0 Å². The van der Waals surface area contributed by atoms with Gasteiger partial charge in [-0.05, 0) is 13.0 Å². The molecule has 100 valence electrons. The Morgan fingerprint density at radius 2 is 2.28 bits per heavy atom. The second kappa shape index (κ2) is 6.80. The fourth-order valence-electron chi connectivity index (χ4n) is 1.52. The maximum Gasteiger partial charge on any atom is 0.319 e. The van der Waals surface area contributed by atoms with Gasteiger partial charge in [-0.15, -0.1) is 0 Å². The van der Waals surface area contributed by atoms with Crippen molar-refractivity contribution >= 4 is 5.97 Å². The van der Waals surface area contributed by atoms with Crippen LogP contribution in [0.1, 0.15) is 19.1 Å². The summed E-state index contributed by atoms with van der Waals surface area (Å²) >= 11 is 0. The Labute approximate surface area is 105 Å². The van der Waals surface area contributed by atoms with E-state index < -0.39 is 11.2 Å². The highest BCUT2D eigenvalue weighted by Gasteiger charge is 2.12. The van der Waals surface area contributed by atoms with Crippen LogP contribution < -0.4 is 5.43 Å². The zero-order valence-corrected chi connectivity index (χ0v) is 10.5. The molecular weight excluding hydrogens is 238 g/mol. The molecule has 0 aromatic carbocycles. The van der Waals surface area contributed by atoms with E-state index >= 15 is 0 Å². The lowest BCUT2D eigenvalue weighted by Gasteiger charge is -2.19. The monoisotopic (exact) mass is 255 g/mol. The second-order valence-corrected chi connectivity index (χ2v) is 3.88. The Morgan fingerprint density at radius 3 is 2.83 bits per heavy atom. The van der Waals surface area contributed by atoms with Crippen molar-refractivity contribution in [3.05, 3.63) is 28.3 Å². The van der Waals surface area contributed by atoms with Crippen molar-refractivity contribution in [2.75, 3.05) is 20.2 Å². The van der Waals surface area contributed by atoms with Crippen LogP contribution in [-0.4, -0.2) is 36.2 Å². The lowest BCUT2D eigenvalue weighted by atomic mass is 10.3. The van der Waals surface area contributed by atoms with E-state index in [2.05, 4.69) is 4.74 Å². The lowest BCUT2D eigenvalue weighted by molar-refractivity contribution is -0.142. The van der Waals surface area contributed by atoms with Crippen LogP contribution in [0.3, 0.4) is 0 Å². The van der Waals surface area contributed by atoms with Crippen LogP contribution in [0.5, 0.6) is 5.75 Å². The molecule has 0 spiro atoms. The van der Waals surface area contributed by atoms with Crippen LogP contribution in [0.15, 0.2) is 21.5 Å². The summed E-state index contributed by atoms with van der Waals surface area (Å²) in [5.74, 6) is -0.367. The minimum Gasteiger partial charge on any atom is -0.502 e. The highest BCUT2D eigenvalue weighted by molar-refractivity contribution is 5.71. The minimum atomic E-state index is -0.495. The van der Waals surface area contributed by atoms with Crippen LogP contribution in [0, 0.1) is 0 Å². The topological polar surface area (TPSA) is 80.0 Å². The van der Waals surface area contributed by atoms with Crippen LogP contribution in [0.4, 0.5) is 0 Å². The maximum absolute atomic E-state index is 11.2. The van der Waals surface area contributed by atoms with E-state index in [4.69, 9.17) is 9.52 Å². The van der Waals surface area contributed by atoms with Gasteiger partial charge >= 0.3 is 5.97 Å². The number of aromatic hydroxyl groups is 1. The first-order chi connectivity index (χ1) is 8.56. The zero-order valence-electron chi connectivity index (χ0n) is 10.5. The summed E-state index contributed by atoms with van der Waals surface area (Å²) in [7, 11) is 1.33. The van der Waals surface area contributed by atoms with Crippen molar-refractivity contribution in [2.24, 2.45) is 0 Å². The Hall–Kier alpha value is -1.82. The maximum atomic E-state index is 11.2. The molecule has 6 nitrogen and oxygen atoms in total. The number of nitrogens with zero attached hydrogens (tertiary/aromatic N) is 1. The third-order valence-electron chi connectivity index (χ3n) is 2.37. The van der Waals surface area contributed by atoms with Gasteiger partial charge in [0.05, 0.1) is 20.2 Å². The van der Waals surface area contributed by atoms with Crippen LogP contribution in [0.2, 0.25) is 0 Å². The largest absolute Gasteiger partial charge is 0.502 e. The number of carbonyl (C=O) groups is 1. The Balaban J connectivity index is 2.72. The average molecular weight is 255 g/mol. The molecule has 18 heavy (non-hydrogen) atoms. The summed E-state index contributed by atoms with van der Waals surface area (Å²) in [6, 6.07) is 1.22. The van der Waals surface area contributed by atoms with Crippen molar-refractivity contribution in [3.8, 4) is 5.75 Å². The van der Waals surface area contributed by atoms with Crippen molar-refractivity contribution in [2.45, 2.75) is 19.9 Å². The summed E-state index contributed by atoms with van der Waals surface area (Å²) in [6.45, 7) is 3.12. The van der Waals surface area contributed by atoms with E-state index in [9.17, 15) is 9.59 Å². The molecule has 0 amide bonds. The third kappa shape index (κ3) is 4.21. The average Bonchev–Trinajstić information content (AvgIpc) is 2.34. The number of esters is 1. The van der Waals surface area contributed by atoms with Gasteiger partial charge in [0.25, 0.3) is 0 Å². The van der Waals surface area contributed by atoms with Gasteiger partial charge in [-0.25, -0.2) is 0 Å². The number of carbonyl (C=O) groups excluding carboxylic acids is 1. The molecule has 1 aromatic rings. The fourth-order valence-corrected chi connectivity index (χ4v) is 1.52. The summed E-state index contributed by atoms with van der Waals surface area (Å²) in [5, 5.41) is 9.07. The summed E-state index contributed by atoms with van der Waals surface area (Å²) < 4.78 is 9.68. The first kappa shape index (κ1) is 14.2. The molecule has 0 bridgehead atoms. The number of hydrogen-bond donors (Lipinski definition) is 1. The van der Waals surface area contributed by atoms with E-state index in [0.717, 1.165) is 12.7 Å². The van der Waals surface area contributed by atoms with Gasteiger partial charge in [0.15, 0.2) is 5.75 Å². The molecule has 0 atom stereocenters. The zero-order chi connectivity index (χ0) is 13.5. The molecule has 1 aromatic heterocycles. The van der Waals surface area contributed by atoms with Crippen LogP contribution >= 0.6 is 0 Å². The van der Waals surface area contributed by atoms with Crippen molar-refractivity contribution < 1.29 is 19.1 Å². The molecule has 0 unspecified atom stereocenters. The predicted molar refractivity (Wildman–Crippen MR) is 64.2 cm³/mol. The standard InChI is InChI=1S/C12H17NO5/c1-3-4-13(7-12(16)17-2)6-9-5-10(14)11(15)8-18-9/h5,8,15H,3-4,6-7H2,1-2H3. The number of methoxy groups -OCH3 is 1. The molecule has 0 aliphatic carbocycles. The minimum absolute atomic E-state index is 0.134. The van der Waals surface area contributed by atoms with Gasteiger partial charge < -0.3 is 14.3 Å². The Morgan fingerprint density at radius 1 is 1.56 bits per heavy atom. The molecule has 0 aliphatic heterocycles. The first-order valence-corrected chi connectivity index (χ1v) is 5.66. The molecule has 0 saturated heterocycles. The molecule has 6 heteroatoms. The molecule has 1 heterocycles. The van der Waals surface area contributed by atoms with E-state index in [1.807, 2.05) is 6.92 Å². The smallest absolute Gasteiger partial charge is 0.319 e. The fraction of sp³-hybridized carbons (Fsp3) is 0.500. The highest BCUT2D eigenvalue weighted by Crippen LogP contribution is 2.07. The van der Waals surface area contributed by atoms with Crippen molar-refractivity contribution in [3.63, 3.8) is 0 Å². The van der Waals surface area contributed by atoms with Crippen molar-refractivity contribution in [1.29, 1.82) is 0 Å². The number of rotatable bonds is 6. The summed E-state index contributed by atoms with van der Waals surface area (Å²) in [5.41, 5.74) is -0.495. The Kier molecular flexibility index (Phi) is 5.38. The molecule has 1 N–H and O–H groups in total. The second-order valence-electron chi connectivity index (χ2n) is 3.88. The number of hydrogen-bond acceptors (Lipinski definition) is 6. The van der Waals surface area contributed by atoms with Crippen LogP contribution in [-0.2, 0) is 16.1 Å².